The molecule has 1 amide bonds. The number of carboxylic acid groups (broad SMARTS) is 1. The third-order valence-electron chi connectivity index (χ3n) is 3.91. The number of aryl methyl sites for hydroxylation is 1. The van der Waals surface area contributed by atoms with Crippen molar-refractivity contribution in [2.24, 2.45) is 5.10 Å². The fourth-order valence-corrected chi connectivity index (χ4v) is 2.48. The Kier molecular flexibility index (Phi) is 5.79. The van der Waals surface area contributed by atoms with Gasteiger partial charge < -0.3 is 9.52 Å². The molecule has 0 aliphatic rings. The van der Waals surface area contributed by atoms with Crippen molar-refractivity contribution < 1.29 is 19.1 Å². The lowest BCUT2D eigenvalue weighted by Gasteiger charge is -2.00. The van der Waals surface area contributed by atoms with Crippen LogP contribution in [0.3, 0.4) is 0 Å². The van der Waals surface area contributed by atoms with Gasteiger partial charge in [-0.25, -0.2) is 10.2 Å². The SMILES string of the molecule is O=C(CCc1ccccc1)NN=Cc1ccc(-c2ccc(C(=O)O)cc2)o1. The fraction of sp³-hybridized carbons (Fsp3) is 0.0952. The average Bonchev–Trinajstić information content (AvgIpc) is 3.16. The van der Waals surface area contributed by atoms with E-state index in [4.69, 9.17) is 9.52 Å². The van der Waals surface area contributed by atoms with Gasteiger partial charge in [0, 0.05) is 12.0 Å². The number of carbonyl (C=O) groups excluding carboxylic acids is 1. The van der Waals surface area contributed by atoms with Crippen LogP contribution in [-0.4, -0.2) is 23.2 Å². The van der Waals surface area contributed by atoms with Gasteiger partial charge in [0.2, 0.25) is 5.91 Å². The van der Waals surface area contributed by atoms with E-state index in [2.05, 4.69) is 10.5 Å². The van der Waals surface area contributed by atoms with Crippen LogP contribution in [0.4, 0.5) is 0 Å². The number of nitrogens with zero attached hydrogens (tertiary/aromatic N) is 1. The lowest BCUT2D eigenvalue weighted by molar-refractivity contribution is -0.121. The van der Waals surface area contributed by atoms with E-state index in [-0.39, 0.29) is 11.5 Å². The van der Waals surface area contributed by atoms with Gasteiger partial charge in [0.05, 0.1) is 11.8 Å². The van der Waals surface area contributed by atoms with Crippen LogP contribution in [0.2, 0.25) is 0 Å². The van der Waals surface area contributed by atoms with E-state index in [1.807, 2.05) is 30.3 Å². The number of hydrazone groups is 1. The van der Waals surface area contributed by atoms with Crippen LogP contribution in [0.5, 0.6) is 0 Å². The second-order valence-electron chi connectivity index (χ2n) is 5.86. The molecule has 1 aromatic heterocycles. The molecule has 0 aliphatic heterocycles. The molecule has 3 rings (SSSR count). The van der Waals surface area contributed by atoms with Crippen molar-refractivity contribution >= 4 is 18.1 Å². The van der Waals surface area contributed by atoms with Crippen LogP contribution in [-0.2, 0) is 11.2 Å². The van der Waals surface area contributed by atoms with Crippen LogP contribution >= 0.6 is 0 Å². The molecular formula is C21H18N2O4. The maximum Gasteiger partial charge on any atom is 0.335 e. The summed E-state index contributed by atoms with van der Waals surface area (Å²) in [5.41, 5.74) is 4.54. The van der Waals surface area contributed by atoms with E-state index in [1.165, 1.54) is 18.3 Å². The lowest BCUT2D eigenvalue weighted by Crippen LogP contribution is -2.17. The summed E-state index contributed by atoms with van der Waals surface area (Å²) < 4.78 is 5.63. The average molecular weight is 362 g/mol. The van der Waals surface area contributed by atoms with Crippen molar-refractivity contribution in [1.29, 1.82) is 0 Å². The third-order valence-corrected chi connectivity index (χ3v) is 3.91. The van der Waals surface area contributed by atoms with Crippen LogP contribution in [0.15, 0.2) is 76.2 Å². The summed E-state index contributed by atoms with van der Waals surface area (Å²) >= 11 is 0. The summed E-state index contributed by atoms with van der Waals surface area (Å²) in [6.07, 6.45) is 2.43. The largest absolute Gasteiger partial charge is 0.478 e. The van der Waals surface area contributed by atoms with Crippen LogP contribution in [0.25, 0.3) is 11.3 Å². The van der Waals surface area contributed by atoms with E-state index in [0.717, 1.165) is 11.1 Å². The molecule has 1 heterocycles. The zero-order valence-electron chi connectivity index (χ0n) is 14.5. The summed E-state index contributed by atoms with van der Waals surface area (Å²) in [5, 5.41) is 12.8. The maximum atomic E-state index is 11.8. The number of rotatable bonds is 7. The molecule has 6 heteroatoms. The molecule has 0 saturated heterocycles. The molecular weight excluding hydrogens is 344 g/mol. The minimum absolute atomic E-state index is 0.175. The number of carbonyl (C=O) groups is 2. The van der Waals surface area contributed by atoms with Crippen molar-refractivity contribution in [3.05, 3.63) is 83.6 Å². The Morgan fingerprint density at radius 3 is 2.44 bits per heavy atom. The number of carboxylic acids is 1. The monoisotopic (exact) mass is 362 g/mol. The number of nitrogens with one attached hydrogen (secondary N) is 1. The number of hydrogen-bond donors (Lipinski definition) is 2. The molecule has 0 fully saturated rings. The normalized spacial score (nSPS) is 10.8. The number of aromatic carboxylic acids is 1. The summed E-state index contributed by atoms with van der Waals surface area (Å²) in [6, 6.07) is 19.6. The highest BCUT2D eigenvalue weighted by Crippen LogP contribution is 2.22. The molecule has 3 aromatic rings. The molecule has 2 N–H and O–H groups in total. The van der Waals surface area contributed by atoms with E-state index < -0.39 is 5.97 Å². The smallest absolute Gasteiger partial charge is 0.335 e. The predicted molar refractivity (Wildman–Crippen MR) is 102 cm³/mol. The molecule has 0 spiro atoms. The Morgan fingerprint density at radius 2 is 1.74 bits per heavy atom. The molecule has 2 aromatic carbocycles. The van der Waals surface area contributed by atoms with Gasteiger partial charge in [-0.2, -0.15) is 5.10 Å². The van der Waals surface area contributed by atoms with Crippen molar-refractivity contribution in [3.8, 4) is 11.3 Å². The van der Waals surface area contributed by atoms with Crippen LogP contribution in [0.1, 0.15) is 28.1 Å². The number of hydrogen-bond acceptors (Lipinski definition) is 4. The molecule has 0 atom stereocenters. The molecule has 27 heavy (non-hydrogen) atoms. The highest BCUT2D eigenvalue weighted by Gasteiger charge is 2.06. The first kappa shape index (κ1) is 18.1. The van der Waals surface area contributed by atoms with Gasteiger partial charge >= 0.3 is 5.97 Å². The second kappa shape index (κ2) is 8.62. The zero-order chi connectivity index (χ0) is 19.1. The Balaban J connectivity index is 1.52. The third kappa shape index (κ3) is 5.15. The van der Waals surface area contributed by atoms with Crippen molar-refractivity contribution in [3.63, 3.8) is 0 Å². The van der Waals surface area contributed by atoms with E-state index in [1.54, 1.807) is 24.3 Å². The second-order valence-corrected chi connectivity index (χ2v) is 5.86. The first-order valence-electron chi connectivity index (χ1n) is 8.41. The topological polar surface area (TPSA) is 91.9 Å². The quantitative estimate of drug-likeness (QED) is 0.495. The fourth-order valence-electron chi connectivity index (χ4n) is 2.48. The molecule has 0 unspecified atom stereocenters. The first-order valence-corrected chi connectivity index (χ1v) is 8.41. The standard InChI is InChI=1S/C21H18N2O4/c24-20(13-6-15-4-2-1-3-5-15)23-22-14-18-11-12-19(27-18)16-7-9-17(10-8-16)21(25)26/h1-5,7-12,14H,6,13H2,(H,23,24)(H,25,26). The van der Waals surface area contributed by atoms with Gasteiger partial charge in [-0.3, -0.25) is 4.79 Å². The minimum Gasteiger partial charge on any atom is -0.478 e. The van der Waals surface area contributed by atoms with E-state index in [0.29, 0.717) is 24.4 Å². The number of amides is 1. The van der Waals surface area contributed by atoms with Crippen LogP contribution in [0, 0.1) is 0 Å². The first-order chi connectivity index (χ1) is 13.1. The Labute approximate surface area is 156 Å². The molecule has 0 bridgehead atoms. The molecule has 0 saturated carbocycles. The van der Waals surface area contributed by atoms with Gasteiger partial charge in [-0.15, -0.1) is 0 Å². The van der Waals surface area contributed by atoms with Gasteiger partial charge in [0.15, 0.2) is 0 Å². The van der Waals surface area contributed by atoms with Gasteiger partial charge in [0.1, 0.15) is 11.5 Å². The van der Waals surface area contributed by atoms with E-state index >= 15 is 0 Å². The molecule has 136 valence electrons. The number of benzene rings is 2. The zero-order valence-corrected chi connectivity index (χ0v) is 14.5. The Morgan fingerprint density at radius 1 is 1.00 bits per heavy atom. The molecule has 0 aliphatic carbocycles. The summed E-state index contributed by atoms with van der Waals surface area (Å²) in [7, 11) is 0. The molecule has 0 radical (unpaired) electrons. The highest BCUT2D eigenvalue weighted by atomic mass is 16.4. The Bertz CT molecular complexity index is 944. The summed E-state index contributed by atoms with van der Waals surface area (Å²) in [5.74, 6) is -0.0811. The summed E-state index contributed by atoms with van der Waals surface area (Å²) in [4.78, 5) is 22.7. The Hall–Kier alpha value is -3.67. The highest BCUT2D eigenvalue weighted by molar-refractivity contribution is 5.88. The summed E-state index contributed by atoms with van der Waals surface area (Å²) in [6.45, 7) is 0. The lowest BCUT2D eigenvalue weighted by atomic mass is 10.1. The maximum absolute atomic E-state index is 11.8. The van der Waals surface area contributed by atoms with Gasteiger partial charge in [-0.05, 0) is 36.2 Å². The van der Waals surface area contributed by atoms with Gasteiger partial charge in [0.25, 0.3) is 0 Å². The molecule has 6 nitrogen and oxygen atoms in total. The van der Waals surface area contributed by atoms with Crippen molar-refractivity contribution in [2.75, 3.05) is 0 Å². The number of furan rings is 1. The van der Waals surface area contributed by atoms with Crippen molar-refractivity contribution in [2.45, 2.75) is 12.8 Å². The predicted octanol–water partition coefficient (Wildman–Crippen LogP) is 3.73. The minimum atomic E-state index is -0.975. The van der Waals surface area contributed by atoms with Crippen LogP contribution < -0.4 is 5.43 Å². The van der Waals surface area contributed by atoms with Crippen molar-refractivity contribution in [1.82, 2.24) is 5.43 Å². The van der Waals surface area contributed by atoms with Gasteiger partial charge in [-0.1, -0.05) is 42.5 Å². The van der Waals surface area contributed by atoms with E-state index in [9.17, 15) is 9.59 Å².